The second-order valence-electron chi connectivity index (χ2n) is 9.24. The van der Waals surface area contributed by atoms with Gasteiger partial charge in [-0.1, -0.05) is 0 Å². The summed E-state index contributed by atoms with van der Waals surface area (Å²) in [7, 11) is 1.29. The highest BCUT2D eigenvalue weighted by Gasteiger charge is 2.41. The zero-order chi connectivity index (χ0) is 26.5. The first-order valence-electron chi connectivity index (χ1n) is 11.7. The number of fused-ring (bicyclic) bond motifs is 1. The number of ether oxygens (including phenoxy) is 1. The molecule has 37 heavy (non-hydrogen) atoms. The Morgan fingerprint density at radius 1 is 1.24 bits per heavy atom. The third kappa shape index (κ3) is 4.55. The van der Waals surface area contributed by atoms with Gasteiger partial charge in [-0.05, 0) is 31.4 Å². The van der Waals surface area contributed by atoms with Crippen molar-refractivity contribution in [3.63, 3.8) is 0 Å². The van der Waals surface area contributed by atoms with Crippen LogP contribution in [0, 0.1) is 0 Å². The minimum Gasteiger partial charge on any atom is -0.480 e. The predicted octanol–water partition coefficient (Wildman–Crippen LogP) is 2.07. The summed E-state index contributed by atoms with van der Waals surface area (Å²) in [5.41, 5.74) is 4.27. The van der Waals surface area contributed by atoms with Gasteiger partial charge < -0.3 is 20.9 Å². The highest BCUT2D eigenvalue weighted by Crippen LogP contribution is 2.39. The number of likely N-dealkylation sites (tertiary alicyclic amines) is 1. The molecule has 4 atom stereocenters. The van der Waals surface area contributed by atoms with Gasteiger partial charge in [0.05, 0.1) is 30.5 Å². The molecule has 5 rings (SSSR count). The summed E-state index contributed by atoms with van der Waals surface area (Å²) in [5.74, 6) is -1.14. The molecular weight excluding hydrogens is 498 g/mol. The molecule has 2 fully saturated rings. The number of carbonyl (C=O) groups is 1. The van der Waals surface area contributed by atoms with E-state index in [1.807, 2.05) is 4.90 Å². The van der Waals surface area contributed by atoms with Gasteiger partial charge >= 0.3 is 6.18 Å². The average molecular weight is 523 g/mol. The van der Waals surface area contributed by atoms with E-state index in [2.05, 4.69) is 20.4 Å². The SMILES string of the molecule is COc1ncc(-c2cc(C(F)(F)F)c3c(N)ncnn23)cc1C(=O)N[C@@H]1CN(C2CCCC2O)C[C@@H]1F. The first-order valence-corrected chi connectivity index (χ1v) is 11.7. The number of aliphatic hydroxyl groups is 1. The van der Waals surface area contributed by atoms with E-state index in [1.54, 1.807) is 0 Å². The van der Waals surface area contributed by atoms with Crippen molar-refractivity contribution < 1.29 is 32.2 Å². The van der Waals surface area contributed by atoms with Crippen LogP contribution in [0.1, 0.15) is 35.2 Å². The number of carbonyl (C=O) groups excluding carboxylic acids is 1. The topological polar surface area (TPSA) is 131 Å². The van der Waals surface area contributed by atoms with Gasteiger partial charge in [-0.3, -0.25) is 9.69 Å². The molecule has 14 heteroatoms. The quantitative estimate of drug-likeness (QED) is 0.434. The van der Waals surface area contributed by atoms with Crippen LogP contribution in [0.2, 0.25) is 0 Å². The van der Waals surface area contributed by atoms with Crippen LogP contribution in [0.5, 0.6) is 5.88 Å². The van der Waals surface area contributed by atoms with Crippen LogP contribution in [-0.4, -0.2) is 80.1 Å². The number of amides is 1. The molecule has 0 aromatic carbocycles. The summed E-state index contributed by atoms with van der Waals surface area (Å²) in [6.07, 6.45) is -2.09. The van der Waals surface area contributed by atoms with Crippen molar-refractivity contribution >= 4 is 17.2 Å². The standard InChI is InChI=1S/C23H25F4N7O3/c1-37-22-12(21(36)32-15-9-33(8-14(15)24)16-3-2-4-18(16)35)5-11(7-29-22)17-6-13(23(25,26)27)19-20(28)30-10-31-34(17)19/h5-7,10,14-16,18,35H,2-4,8-9H2,1H3,(H,32,36)(H2,28,30,31)/t14-,15+,16?,18?/m0/s1. The van der Waals surface area contributed by atoms with Crippen LogP contribution >= 0.6 is 0 Å². The van der Waals surface area contributed by atoms with Gasteiger partial charge in [-0.25, -0.2) is 18.9 Å². The van der Waals surface area contributed by atoms with Crippen molar-refractivity contribution in [1.29, 1.82) is 0 Å². The smallest absolute Gasteiger partial charge is 0.418 e. The Bertz CT molecular complexity index is 1330. The second kappa shape index (κ2) is 9.41. The lowest BCUT2D eigenvalue weighted by Crippen LogP contribution is -2.43. The molecule has 4 N–H and O–H groups in total. The van der Waals surface area contributed by atoms with Gasteiger partial charge in [-0.15, -0.1) is 0 Å². The molecule has 3 aromatic heterocycles. The second-order valence-corrected chi connectivity index (χ2v) is 9.24. The first kappa shape index (κ1) is 25.1. The Morgan fingerprint density at radius 3 is 2.70 bits per heavy atom. The first-order chi connectivity index (χ1) is 17.6. The molecular formula is C23H25F4N7O3. The highest BCUT2D eigenvalue weighted by atomic mass is 19.4. The third-order valence-electron chi connectivity index (χ3n) is 6.98. The Balaban J connectivity index is 1.46. The van der Waals surface area contributed by atoms with E-state index in [-0.39, 0.29) is 47.7 Å². The minimum atomic E-state index is -4.74. The van der Waals surface area contributed by atoms with Crippen molar-refractivity contribution in [1.82, 2.24) is 29.8 Å². The van der Waals surface area contributed by atoms with E-state index >= 15 is 0 Å². The lowest BCUT2D eigenvalue weighted by Gasteiger charge is -2.26. The number of pyridine rings is 1. The number of hydrogen-bond acceptors (Lipinski definition) is 8. The van der Waals surface area contributed by atoms with Crippen molar-refractivity contribution in [2.24, 2.45) is 0 Å². The molecule has 4 heterocycles. The molecule has 0 bridgehead atoms. The number of nitrogen functional groups attached to an aromatic ring is 1. The maximum Gasteiger partial charge on any atom is 0.418 e. The Labute approximate surface area is 208 Å². The normalized spacial score (nSPS) is 24.6. The van der Waals surface area contributed by atoms with E-state index in [0.29, 0.717) is 6.42 Å². The molecule has 1 amide bonds. The fourth-order valence-corrected chi connectivity index (χ4v) is 5.20. The summed E-state index contributed by atoms with van der Waals surface area (Å²) in [5, 5.41) is 16.7. The summed E-state index contributed by atoms with van der Waals surface area (Å²) >= 11 is 0. The molecule has 198 valence electrons. The van der Waals surface area contributed by atoms with Crippen molar-refractivity contribution in [3.05, 3.63) is 35.8 Å². The summed E-state index contributed by atoms with van der Waals surface area (Å²) < 4.78 is 62.1. The van der Waals surface area contributed by atoms with E-state index in [4.69, 9.17) is 10.5 Å². The van der Waals surface area contributed by atoms with Crippen LogP contribution in [0.15, 0.2) is 24.7 Å². The molecule has 0 radical (unpaired) electrons. The number of nitrogens with one attached hydrogen (secondary N) is 1. The van der Waals surface area contributed by atoms with E-state index in [1.165, 1.54) is 19.4 Å². The number of methoxy groups -OCH3 is 1. The Hall–Kier alpha value is -3.52. The average Bonchev–Trinajstić information content (AvgIpc) is 3.56. The number of nitrogens with two attached hydrogens (primary N) is 1. The van der Waals surface area contributed by atoms with E-state index in [9.17, 15) is 27.5 Å². The molecule has 1 aliphatic carbocycles. The lowest BCUT2D eigenvalue weighted by molar-refractivity contribution is -0.136. The molecule has 1 aliphatic heterocycles. The van der Waals surface area contributed by atoms with E-state index in [0.717, 1.165) is 29.8 Å². The van der Waals surface area contributed by atoms with Gasteiger partial charge in [0.15, 0.2) is 5.82 Å². The number of halogens is 4. The lowest BCUT2D eigenvalue weighted by atomic mass is 10.1. The van der Waals surface area contributed by atoms with E-state index < -0.39 is 41.5 Å². The zero-order valence-electron chi connectivity index (χ0n) is 19.7. The van der Waals surface area contributed by atoms with Crippen LogP contribution in [0.3, 0.4) is 0 Å². The molecule has 1 saturated carbocycles. The van der Waals surface area contributed by atoms with Crippen LogP contribution in [0.4, 0.5) is 23.4 Å². The highest BCUT2D eigenvalue weighted by molar-refractivity contribution is 5.98. The number of alkyl halides is 4. The molecule has 0 spiro atoms. The van der Waals surface area contributed by atoms with Crippen molar-refractivity contribution in [3.8, 4) is 17.1 Å². The molecule has 2 unspecified atom stereocenters. The van der Waals surface area contributed by atoms with Crippen molar-refractivity contribution in [2.75, 3.05) is 25.9 Å². The van der Waals surface area contributed by atoms with Gasteiger partial charge in [0.2, 0.25) is 5.88 Å². The molecule has 10 nitrogen and oxygen atoms in total. The van der Waals surface area contributed by atoms with Gasteiger partial charge in [0.1, 0.15) is 23.6 Å². The summed E-state index contributed by atoms with van der Waals surface area (Å²) in [6, 6.07) is 1.17. The van der Waals surface area contributed by atoms with Gasteiger partial charge in [-0.2, -0.15) is 18.3 Å². The summed E-state index contributed by atoms with van der Waals surface area (Å²) in [6.45, 7) is 0.304. The molecule has 2 aliphatic rings. The fraction of sp³-hybridized carbons (Fsp3) is 0.478. The van der Waals surface area contributed by atoms with Crippen LogP contribution in [0.25, 0.3) is 16.8 Å². The number of aliphatic hydroxyl groups excluding tert-OH is 1. The number of nitrogens with zero attached hydrogens (tertiary/aromatic N) is 5. The Morgan fingerprint density at radius 2 is 2.03 bits per heavy atom. The van der Waals surface area contributed by atoms with Crippen LogP contribution in [-0.2, 0) is 6.18 Å². The number of anilines is 1. The largest absolute Gasteiger partial charge is 0.480 e. The monoisotopic (exact) mass is 523 g/mol. The summed E-state index contributed by atoms with van der Waals surface area (Å²) in [4.78, 5) is 22.8. The predicted molar refractivity (Wildman–Crippen MR) is 124 cm³/mol. The zero-order valence-corrected chi connectivity index (χ0v) is 19.7. The van der Waals surface area contributed by atoms with Gasteiger partial charge in [0.25, 0.3) is 5.91 Å². The maximum atomic E-state index is 14.8. The number of rotatable bonds is 5. The number of aromatic nitrogens is 4. The minimum absolute atomic E-state index is 0.0220. The molecule has 1 saturated heterocycles. The number of hydrogen-bond donors (Lipinski definition) is 3. The fourth-order valence-electron chi connectivity index (χ4n) is 5.20. The maximum absolute atomic E-state index is 14.8. The third-order valence-corrected chi connectivity index (χ3v) is 6.98. The molecule has 3 aromatic rings. The van der Waals surface area contributed by atoms with Crippen molar-refractivity contribution in [2.45, 2.75) is 49.8 Å². The van der Waals surface area contributed by atoms with Gasteiger partial charge in [0, 0.05) is 30.9 Å². The Kier molecular flexibility index (Phi) is 6.40. The van der Waals surface area contributed by atoms with Crippen LogP contribution < -0.4 is 15.8 Å².